The first kappa shape index (κ1) is 20.1. The molecule has 0 N–H and O–H groups in total. The maximum absolute atomic E-state index is 12.8. The van der Waals surface area contributed by atoms with E-state index in [4.69, 9.17) is 8.94 Å². The van der Waals surface area contributed by atoms with Gasteiger partial charge in [-0.3, -0.25) is 14.9 Å². The van der Waals surface area contributed by atoms with Crippen molar-refractivity contribution in [3.8, 4) is 22.6 Å². The number of nitro benzene ring substituents is 1. The molecule has 5 rings (SSSR count). The van der Waals surface area contributed by atoms with Gasteiger partial charge in [0.1, 0.15) is 17.0 Å². The molecule has 0 bridgehead atoms. The summed E-state index contributed by atoms with van der Waals surface area (Å²) in [4.78, 5) is 23.1. The highest BCUT2D eigenvalue weighted by Crippen LogP contribution is 2.29. The second kappa shape index (κ2) is 8.39. The van der Waals surface area contributed by atoms with Gasteiger partial charge in [0.15, 0.2) is 11.5 Å². The third-order valence-corrected chi connectivity index (χ3v) is 5.19. The Morgan fingerprint density at radius 1 is 0.909 bits per heavy atom. The van der Waals surface area contributed by atoms with Crippen molar-refractivity contribution < 1.29 is 18.7 Å². The molecule has 0 amide bonds. The quantitative estimate of drug-likeness (QED) is 0.129. The molecule has 0 aliphatic carbocycles. The number of nitro groups is 1. The summed E-state index contributed by atoms with van der Waals surface area (Å²) in [6.45, 7) is 0. The predicted octanol–water partition coefficient (Wildman–Crippen LogP) is 6.56. The Hall–Kier alpha value is -4.78. The molecule has 3 aromatic carbocycles. The first-order valence-corrected chi connectivity index (χ1v) is 10.1. The SMILES string of the molecule is O=C(/C=C/c1ccc(-c2ccc([N+](=O)[O-])cc2)o1)c1ccc2noc(-c3ccccc3)c2c1. The normalized spacial score (nSPS) is 11.3. The number of aromatic nitrogens is 1. The Labute approximate surface area is 187 Å². The van der Waals surface area contributed by atoms with Crippen LogP contribution in [0.3, 0.4) is 0 Å². The lowest BCUT2D eigenvalue weighted by Crippen LogP contribution is -1.93. The molecule has 7 nitrogen and oxygen atoms in total. The van der Waals surface area contributed by atoms with Gasteiger partial charge in [0, 0.05) is 28.8 Å². The second-order valence-electron chi connectivity index (χ2n) is 7.31. The fourth-order valence-electron chi connectivity index (χ4n) is 3.49. The van der Waals surface area contributed by atoms with E-state index in [-0.39, 0.29) is 11.5 Å². The van der Waals surface area contributed by atoms with Crippen LogP contribution in [0, 0.1) is 10.1 Å². The highest BCUT2D eigenvalue weighted by Gasteiger charge is 2.13. The second-order valence-corrected chi connectivity index (χ2v) is 7.31. The number of non-ortho nitro benzene ring substituents is 1. The van der Waals surface area contributed by atoms with Gasteiger partial charge in [-0.05, 0) is 54.6 Å². The molecule has 0 radical (unpaired) electrons. The molecule has 33 heavy (non-hydrogen) atoms. The van der Waals surface area contributed by atoms with Crippen molar-refractivity contribution in [1.29, 1.82) is 0 Å². The summed E-state index contributed by atoms with van der Waals surface area (Å²) in [5, 5.41) is 15.6. The highest BCUT2D eigenvalue weighted by atomic mass is 16.6. The van der Waals surface area contributed by atoms with Gasteiger partial charge >= 0.3 is 0 Å². The summed E-state index contributed by atoms with van der Waals surface area (Å²) in [5.74, 6) is 1.47. The molecule has 2 heterocycles. The number of rotatable bonds is 6. The van der Waals surface area contributed by atoms with Crippen molar-refractivity contribution >= 4 is 28.4 Å². The van der Waals surface area contributed by atoms with E-state index in [2.05, 4.69) is 5.16 Å². The smallest absolute Gasteiger partial charge is 0.269 e. The van der Waals surface area contributed by atoms with Crippen molar-refractivity contribution in [2.45, 2.75) is 0 Å². The first-order valence-electron chi connectivity index (χ1n) is 10.1. The molecular weight excluding hydrogens is 420 g/mol. The van der Waals surface area contributed by atoms with Gasteiger partial charge in [0.2, 0.25) is 0 Å². The summed E-state index contributed by atoms with van der Waals surface area (Å²) >= 11 is 0. The molecule has 0 aliphatic rings. The number of fused-ring (bicyclic) bond motifs is 1. The van der Waals surface area contributed by atoms with E-state index in [0.717, 1.165) is 10.9 Å². The topological polar surface area (TPSA) is 99.4 Å². The lowest BCUT2D eigenvalue weighted by atomic mass is 10.0. The van der Waals surface area contributed by atoms with Gasteiger partial charge in [-0.2, -0.15) is 0 Å². The zero-order valence-corrected chi connectivity index (χ0v) is 17.2. The van der Waals surface area contributed by atoms with E-state index in [1.54, 1.807) is 48.5 Å². The Balaban J connectivity index is 1.36. The fourth-order valence-corrected chi connectivity index (χ4v) is 3.49. The number of carbonyl (C=O) groups is 1. The Bertz CT molecular complexity index is 1500. The van der Waals surface area contributed by atoms with Gasteiger partial charge in [0.25, 0.3) is 5.69 Å². The minimum Gasteiger partial charge on any atom is -0.457 e. The number of allylic oxidation sites excluding steroid dienone is 1. The summed E-state index contributed by atoms with van der Waals surface area (Å²) in [6.07, 6.45) is 3.03. The Morgan fingerprint density at radius 2 is 1.70 bits per heavy atom. The molecule has 160 valence electrons. The monoisotopic (exact) mass is 436 g/mol. The van der Waals surface area contributed by atoms with Gasteiger partial charge in [-0.25, -0.2) is 0 Å². The number of hydrogen-bond acceptors (Lipinski definition) is 6. The van der Waals surface area contributed by atoms with Crippen LogP contribution in [0.5, 0.6) is 0 Å². The van der Waals surface area contributed by atoms with Gasteiger partial charge in [-0.1, -0.05) is 35.5 Å². The summed E-state index contributed by atoms with van der Waals surface area (Å²) in [7, 11) is 0. The fraction of sp³-hybridized carbons (Fsp3) is 0. The molecule has 0 spiro atoms. The van der Waals surface area contributed by atoms with E-state index >= 15 is 0 Å². The van der Waals surface area contributed by atoms with Crippen LogP contribution in [0.25, 0.3) is 39.6 Å². The number of nitrogens with zero attached hydrogens (tertiary/aromatic N) is 2. The first-order chi connectivity index (χ1) is 16.1. The number of furan rings is 1. The van der Waals surface area contributed by atoms with Crippen LogP contribution < -0.4 is 0 Å². The number of benzene rings is 3. The maximum Gasteiger partial charge on any atom is 0.269 e. The van der Waals surface area contributed by atoms with Crippen LogP contribution in [0.1, 0.15) is 16.1 Å². The molecular formula is C26H16N2O5. The predicted molar refractivity (Wildman–Crippen MR) is 124 cm³/mol. The zero-order chi connectivity index (χ0) is 22.8. The molecule has 0 atom stereocenters. The minimum absolute atomic E-state index is 0.0104. The summed E-state index contributed by atoms with van der Waals surface area (Å²) < 4.78 is 11.3. The van der Waals surface area contributed by atoms with E-state index in [1.165, 1.54) is 18.2 Å². The largest absolute Gasteiger partial charge is 0.457 e. The Kier molecular flexibility index (Phi) is 5.12. The van der Waals surface area contributed by atoms with Crippen LogP contribution in [0.4, 0.5) is 5.69 Å². The number of carbonyl (C=O) groups excluding carboxylic acids is 1. The molecule has 2 aromatic heterocycles. The van der Waals surface area contributed by atoms with E-state index in [9.17, 15) is 14.9 Å². The highest BCUT2D eigenvalue weighted by molar-refractivity contribution is 6.09. The number of ketones is 1. The minimum atomic E-state index is -0.453. The van der Waals surface area contributed by atoms with E-state index in [1.807, 2.05) is 30.3 Å². The van der Waals surface area contributed by atoms with Crippen molar-refractivity contribution in [3.05, 3.63) is 112 Å². The molecule has 0 unspecified atom stereocenters. The van der Waals surface area contributed by atoms with E-state index < -0.39 is 4.92 Å². The molecule has 0 saturated carbocycles. The third kappa shape index (κ3) is 4.07. The van der Waals surface area contributed by atoms with Crippen molar-refractivity contribution in [1.82, 2.24) is 5.16 Å². The van der Waals surface area contributed by atoms with Crippen LogP contribution in [-0.2, 0) is 0 Å². The zero-order valence-electron chi connectivity index (χ0n) is 17.2. The summed E-state index contributed by atoms with van der Waals surface area (Å²) in [6, 6.07) is 24.4. The van der Waals surface area contributed by atoms with Crippen molar-refractivity contribution in [2.24, 2.45) is 0 Å². The maximum atomic E-state index is 12.8. The van der Waals surface area contributed by atoms with E-state index in [0.29, 0.717) is 33.9 Å². The summed E-state index contributed by atoms with van der Waals surface area (Å²) in [5.41, 5.74) is 2.78. The van der Waals surface area contributed by atoms with Gasteiger partial charge in [-0.15, -0.1) is 0 Å². The van der Waals surface area contributed by atoms with Crippen LogP contribution in [-0.4, -0.2) is 15.9 Å². The molecule has 5 aromatic rings. The number of hydrogen-bond donors (Lipinski definition) is 0. The van der Waals surface area contributed by atoms with Crippen LogP contribution in [0.15, 0.2) is 99.9 Å². The average Bonchev–Trinajstić information content (AvgIpc) is 3.50. The molecule has 0 aliphatic heterocycles. The van der Waals surface area contributed by atoms with Gasteiger partial charge in [0.05, 0.1) is 10.3 Å². The average molecular weight is 436 g/mol. The van der Waals surface area contributed by atoms with Gasteiger partial charge < -0.3 is 8.94 Å². The van der Waals surface area contributed by atoms with Crippen molar-refractivity contribution in [3.63, 3.8) is 0 Å². The van der Waals surface area contributed by atoms with Crippen molar-refractivity contribution in [2.75, 3.05) is 0 Å². The standard InChI is InChI=1S/C26H16N2O5/c29-24(14-11-21-12-15-25(32-21)17-6-9-20(10-7-17)28(30)31)19-8-13-23-22(16-19)26(33-27-23)18-4-2-1-3-5-18/h1-16H/b14-11+. The Morgan fingerprint density at radius 3 is 2.45 bits per heavy atom. The molecule has 0 fully saturated rings. The lowest BCUT2D eigenvalue weighted by Gasteiger charge is -1.99. The third-order valence-electron chi connectivity index (χ3n) is 5.19. The lowest BCUT2D eigenvalue weighted by molar-refractivity contribution is -0.384. The molecule has 0 saturated heterocycles. The molecule has 7 heteroatoms. The van der Waals surface area contributed by atoms with Crippen LogP contribution in [0.2, 0.25) is 0 Å². The van der Waals surface area contributed by atoms with Crippen LogP contribution >= 0.6 is 0 Å².